The number of hydrogen-bond acceptors (Lipinski definition) is 1. The number of benzene rings is 1. The van der Waals surface area contributed by atoms with Crippen molar-refractivity contribution in [2.24, 2.45) is 11.3 Å². The van der Waals surface area contributed by atoms with Crippen LogP contribution in [0.25, 0.3) is 0 Å². The van der Waals surface area contributed by atoms with E-state index in [9.17, 15) is 5.11 Å². The normalized spacial score (nSPS) is 13.6. The average Bonchev–Trinajstić information content (AvgIpc) is 2.30. The van der Waals surface area contributed by atoms with Gasteiger partial charge in [0.2, 0.25) is 0 Å². The van der Waals surface area contributed by atoms with Crippen molar-refractivity contribution >= 4 is 0 Å². The van der Waals surface area contributed by atoms with Gasteiger partial charge in [0, 0.05) is 6.61 Å². The van der Waals surface area contributed by atoms with E-state index >= 15 is 0 Å². The van der Waals surface area contributed by atoms with E-state index in [0.29, 0.717) is 12.5 Å². The molecule has 0 heterocycles. The highest BCUT2D eigenvalue weighted by Crippen LogP contribution is 2.34. The van der Waals surface area contributed by atoms with Gasteiger partial charge in [0.15, 0.2) is 0 Å². The number of rotatable bonds is 7. The standard InChI is InChI=1S/C16H26O/c1-4-12-16(2,3)15(13-17)11-10-14-8-6-5-7-9-14/h5-9,15,17H,4,10-13H2,1-3H3. The number of aliphatic hydroxyl groups excluding tert-OH is 1. The third-order valence-corrected chi connectivity index (χ3v) is 3.84. The molecule has 0 bridgehead atoms. The summed E-state index contributed by atoms with van der Waals surface area (Å²) in [4.78, 5) is 0. The Balaban J connectivity index is 2.53. The molecule has 0 spiro atoms. The van der Waals surface area contributed by atoms with Crippen LogP contribution in [-0.2, 0) is 6.42 Å². The van der Waals surface area contributed by atoms with Crippen LogP contribution in [0.15, 0.2) is 30.3 Å². The molecule has 0 aromatic heterocycles. The van der Waals surface area contributed by atoms with E-state index in [1.54, 1.807) is 0 Å². The van der Waals surface area contributed by atoms with Gasteiger partial charge in [-0.25, -0.2) is 0 Å². The molecule has 17 heavy (non-hydrogen) atoms. The second kappa shape index (κ2) is 6.80. The fourth-order valence-corrected chi connectivity index (χ4v) is 2.56. The van der Waals surface area contributed by atoms with Crippen molar-refractivity contribution in [2.45, 2.75) is 46.5 Å². The summed E-state index contributed by atoms with van der Waals surface area (Å²) in [5.41, 5.74) is 1.62. The number of aliphatic hydroxyl groups is 1. The smallest absolute Gasteiger partial charge is 0.0464 e. The van der Waals surface area contributed by atoms with Crippen molar-refractivity contribution in [1.82, 2.24) is 0 Å². The Kier molecular flexibility index (Phi) is 5.70. The average molecular weight is 234 g/mol. The van der Waals surface area contributed by atoms with Crippen LogP contribution < -0.4 is 0 Å². The van der Waals surface area contributed by atoms with Crippen LogP contribution in [0.3, 0.4) is 0 Å². The van der Waals surface area contributed by atoms with Gasteiger partial charge in [0.05, 0.1) is 0 Å². The lowest BCUT2D eigenvalue weighted by atomic mass is 9.73. The maximum atomic E-state index is 9.57. The summed E-state index contributed by atoms with van der Waals surface area (Å²) in [7, 11) is 0. The predicted molar refractivity (Wildman–Crippen MR) is 74.0 cm³/mol. The lowest BCUT2D eigenvalue weighted by Gasteiger charge is -2.33. The minimum Gasteiger partial charge on any atom is -0.396 e. The van der Waals surface area contributed by atoms with Crippen LogP contribution in [0.1, 0.15) is 45.6 Å². The van der Waals surface area contributed by atoms with Crippen LogP contribution in [0, 0.1) is 11.3 Å². The lowest BCUT2D eigenvalue weighted by molar-refractivity contribution is 0.101. The minimum absolute atomic E-state index is 0.248. The van der Waals surface area contributed by atoms with Gasteiger partial charge < -0.3 is 5.11 Å². The molecule has 1 atom stereocenters. The van der Waals surface area contributed by atoms with Crippen LogP contribution >= 0.6 is 0 Å². The largest absolute Gasteiger partial charge is 0.396 e. The van der Waals surface area contributed by atoms with E-state index in [0.717, 1.165) is 12.8 Å². The first-order valence-corrected chi connectivity index (χ1v) is 6.75. The van der Waals surface area contributed by atoms with Crippen molar-refractivity contribution in [3.63, 3.8) is 0 Å². The molecule has 1 aromatic carbocycles. The Bertz CT molecular complexity index is 303. The van der Waals surface area contributed by atoms with Gasteiger partial charge in [-0.05, 0) is 36.2 Å². The van der Waals surface area contributed by atoms with E-state index < -0.39 is 0 Å². The van der Waals surface area contributed by atoms with Crippen LogP contribution in [0.2, 0.25) is 0 Å². The molecule has 0 saturated heterocycles. The van der Waals surface area contributed by atoms with Crippen LogP contribution in [-0.4, -0.2) is 11.7 Å². The summed E-state index contributed by atoms with van der Waals surface area (Å²) >= 11 is 0. The first-order chi connectivity index (χ1) is 8.10. The Morgan fingerprint density at radius 3 is 2.35 bits per heavy atom. The maximum absolute atomic E-state index is 9.57. The summed E-state index contributed by atoms with van der Waals surface area (Å²) in [5, 5.41) is 9.57. The second-order valence-corrected chi connectivity index (χ2v) is 5.64. The molecule has 0 saturated carbocycles. The molecule has 0 aliphatic heterocycles. The van der Waals surface area contributed by atoms with Crippen LogP contribution in [0.5, 0.6) is 0 Å². The molecule has 1 heteroatoms. The fourth-order valence-electron chi connectivity index (χ4n) is 2.56. The van der Waals surface area contributed by atoms with Gasteiger partial charge in [-0.1, -0.05) is 57.5 Å². The van der Waals surface area contributed by atoms with Crippen molar-refractivity contribution in [3.8, 4) is 0 Å². The molecule has 96 valence electrons. The van der Waals surface area contributed by atoms with Crippen molar-refractivity contribution in [1.29, 1.82) is 0 Å². The van der Waals surface area contributed by atoms with Crippen LogP contribution in [0.4, 0.5) is 0 Å². The molecule has 1 N–H and O–H groups in total. The fraction of sp³-hybridized carbons (Fsp3) is 0.625. The highest BCUT2D eigenvalue weighted by Gasteiger charge is 2.27. The topological polar surface area (TPSA) is 20.2 Å². The zero-order valence-corrected chi connectivity index (χ0v) is 11.4. The van der Waals surface area contributed by atoms with Crippen molar-refractivity contribution in [3.05, 3.63) is 35.9 Å². The summed E-state index contributed by atoms with van der Waals surface area (Å²) < 4.78 is 0. The minimum atomic E-state index is 0.248. The third-order valence-electron chi connectivity index (χ3n) is 3.84. The van der Waals surface area contributed by atoms with Gasteiger partial charge >= 0.3 is 0 Å². The summed E-state index contributed by atoms with van der Waals surface area (Å²) in [5.74, 6) is 0.405. The summed E-state index contributed by atoms with van der Waals surface area (Å²) in [6.45, 7) is 7.08. The van der Waals surface area contributed by atoms with Gasteiger partial charge in [-0.2, -0.15) is 0 Å². The van der Waals surface area contributed by atoms with E-state index in [1.807, 2.05) is 6.07 Å². The monoisotopic (exact) mass is 234 g/mol. The lowest BCUT2D eigenvalue weighted by Crippen LogP contribution is -2.27. The van der Waals surface area contributed by atoms with Gasteiger partial charge in [-0.15, -0.1) is 0 Å². The maximum Gasteiger partial charge on any atom is 0.0464 e. The summed E-state index contributed by atoms with van der Waals surface area (Å²) in [6, 6.07) is 10.6. The molecular formula is C16H26O. The van der Waals surface area contributed by atoms with Gasteiger partial charge in [0.1, 0.15) is 0 Å². The molecule has 1 rings (SSSR count). The molecule has 0 fully saturated rings. The second-order valence-electron chi connectivity index (χ2n) is 5.64. The zero-order valence-electron chi connectivity index (χ0n) is 11.4. The Labute approximate surface area is 106 Å². The van der Waals surface area contributed by atoms with Gasteiger partial charge in [0.25, 0.3) is 0 Å². The molecule has 1 unspecified atom stereocenters. The summed E-state index contributed by atoms with van der Waals surface area (Å²) in [6.07, 6.45) is 4.52. The molecule has 0 radical (unpaired) electrons. The van der Waals surface area contributed by atoms with Crippen molar-refractivity contribution < 1.29 is 5.11 Å². The highest BCUT2D eigenvalue weighted by atomic mass is 16.3. The zero-order chi connectivity index (χ0) is 12.7. The van der Waals surface area contributed by atoms with Gasteiger partial charge in [-0.3, -0.25) is 0 Å². The Hall–Kier alpha value is -0.820. The number of hydrogen-bond donors (Lipinski definition) is 1. The van der Waals surface area contributed by atoms with E-state index in [-0.39, 0.29) is 5.41 Å². The third kappa shape index (κ3) is 4.51. The molecule has 0 aliphatic rings. The number of aryl methyl sites for hydroxylation is 1. The molecule has 1 aromatic rings. The van der Waals surface area contributed by atoms with E-state index in [1.165, 1.54) is 18.4 Å². The highest BCUT2D eigenvalue weighted by molar-refractivity contribution is 5.14. The predicted octanol–water partition coefficient (Wildman–Crippen LogP) is 4.05. The van der Waals surface area contributed by atoms with E-state index in [2.05, 4.69) is 45.0 Å². The molecular weight excluding hydrogens is 208 g/mol. The Morgan fingerprint density at radius 1 is 1.18 bits per heavy atom. The first kappa shape index (κ1) is 14.2. The van der Waals surface area contributed by atoms with E-state index in [4.69, 9.17) is 0 Å². The molecule has 0 aliphatic carbocycles. The SMILES string of the molecule is CCCC(C)(C)C(CO)CCc1ccccc1. The first-order valence-electron chi connectivity index (χ1n) is 6.75. The van der Waals surface area contributed by atoms with Crippen molar-refractivity contribution in [2.75, 3.05) is 6.61 Å². The molecule has 1 nitrogen and oxygen atoms in total. The quantitative estimate of drug-likeness (QED) is 0.754. The Morgan fingerprint density at radius 2 is 1.82 bits per heavy atom. The molecule has 0 amide bonds.